The number of nitrogens with zero attached hydrogens (tertiary/aromatic N) is 1. The number of nitrogens with one attached hydrogen (secondary N) is 2. The van der Waals surface area contributed by atoms with E-state index in [4.69, 9.17) is 4.74 Å². The third-order valence-corrected chi connectivity index (χ3v) is 1.85. The van der Waals surface area contributed by atoms with Crippen molar-refractivity contribution in [1.29, 1.82) is 0 Å². The van der Waals surface area contributed by atoms with Gasteiger partial charge in [0, 0.05) is 12.7 Å². The Morgan fingerprint density at radius 3 is 3.55 bits per heavy atom. The van der Waals surface area contributed by atoms with Crippen LogP contribution < -0.4 is 10.3 Å². The molecule has 0 spiro atoms. The van der Waals surface area contributed by atoms with E-state index in [1.165, 1.54) is 0 Å². The lowest BCUT2D eigenvalue weighted by atomic mass is 10.6. The van der Waals surface area contributed by atoms with E-state index in [1.807, 2.05) is 19.2 Å². The average Bonchev–Trinajstić information content (AvgIpc) is 2.46. The summed E-state index contributed by atoms with van der Waals surface area (Å²) in [6, 6.07) is 0. The molecule has 4 heteroatoms. The summed E-state index contributed by atoms with van der Waals surface area (Å²) in [4.78, 5) is 0. The van der Waals surface area contributed by atoms with Gasteiger partial charge in [0.2, 0.25) is 5.82 Å². The van der Waals surface area contributed by atoms with Crippen molar-refractivity contribution >= 4 is 6.21 Å². The van der Waals surface area contributed by atoms with Crippen molar-refractivity contribution in [2.75, 3.05) is 13.2 Å². The smallest absolute Gasteiger partial charge is 0.230 e. The molecule has 2 aliphatic rings. The minimum absolute atomic E-state index is 0.152. The van der Waals surface area contributed by atoms with Crippen LogP contribution in [0.15, 0.2) is 17.0 Å². The summed E-state index contributed by atoms with van der Waals surface area (Å²) in [6.07, 6.45) is 3.95. The van der Waals surface area contributed by atoms with E-state index in [9.17, 15) is 0 Å². The fourth-order valence-electron chi connectivity index (χ4n) is 1.36. The number of rotatable bonds is 2. The zero-order valence-electron chi connectivity index (χ0n) is 6.50. The fraction of sp³-hybridized carbons (Fsp3) is 0.571. The number of ether oxygens (including phenoxy) is 1. The Morgan fingerprint density at radius 1 is 1.91 bits per heavy atom. The first kappa shape index (κ1) is 6.82. The Balaban J connectivity index is 1.95. The predicted octanol–water partition coefficient (Wildman–Crippen LogP) is -1.32. The van der Waals surface area contributed by atoms with E-state index < -0.39 is 0 Å². The van der Waals surface area contributed by atoms with Crippen LogP contribution in [0.4, 0.5) is 0 Å². The second-order valence-corrected chi connectivity index (χ2v) is 2.60. The highest BCUT2D eigenvalue weighted by molar-refractivity contribution is 5.72. The molecule has 0 radical (unpaired) electrons. The fourth-order valence-corrected chi connectivity index (χ4v) is 1.36. The molecule has 0 saturated carbocycles. The Labute approximate surface area is 65.5 Å². The van der Waals surface area contributed by atoms with Gasteiger partial charge in [0.25, 0.3) is 0 Å². The summed E-state index contributed by atoms with van der Waals surface area (Å²) in [5, 5.41) is 8.55. The SMILES string of the molecule is CCOC1C[NH+]2N=CC=C2N1. The zero-order valence-corrected chi connectivity index (χ0v) is 6.50. The van der Waals surface area contributed by atoms with Gasteiger partial charge in [-0.2, -0.15) is 5.01 Å². The molecule has 2 heterocycles. The lowest BCUT2D eigenvalue weighted by Crippen LogP contribution is -3.03. The second-order valence-electron chi connectivity index (χ2n) is 2.60. The van der Waals surface area contributed by atoms with E-state index in [1.54, 1.807) is 0 Å². The molecule has 4 nitrogen and oxygen atoms in total. The van der Waals surface area contributed by atoms with Gasteiger partial charge in [-0.1, -0.05) is 5.10 Å². The van der Waals surface area contributed by atoms with Gasteiger partial charge in [-0.05, 0) is 6.92 Å². The van der Waals surface area contributed by atoms with Crippen molar-refractivity contribution in [3.05, 3.63) is 11.9 Å². The van der Waals surface area contributed by atoms with Gasteiger partial charge >= 0.3 is 0 Å². The van der Waals surface area contributed by atoms with Crippen LogP contribution in [0.1, 0.15) is 6.92 Å². The standard InChI is InChI=1S/C7H11N3O/c1-2-11-7-5-10-6(9-7)3-4-8-10/h3-4,7,9H,2,5H2,1H3/p+1. The van der Waals surface area contributed by atoms with Crippen molar-refractivity contribution in [1.82, 2.24) is 5.32 Å². The maximum Gasteiger partial charge on any atom is 0.230 e. The third-order valence-electron chi connectivity index (χ3n) is 1.85. The summed E-state index contributed by atoms with van der Waals surface area (Å²) in [5.74, 6) is 1.13. The molecule has 2 aliphatic heterocycles. The summed E-state index contributed by atoms with van der Waals surface area (Å²) in [6.45, 7) is 3.65. The van der Waals surface area contributed by atoms with Crippen molar-refractivity contribution in [2.24, 2.45) is 5.10 Å². The van der Waals surface area contributed by atoms with E-state index in [0.29, 0.717) is 0 Å². The first-order chi connectivity index (χ1) is 5.40. The van der Waals surface area contributed by atoms with Crippen LogP contribution in [0, 0.1) is 0 Å². The largest absolute Gasteiger partial charge is 0.353 e. The van der Waals surface area contributed by atoms with Crippen LogP contribution in [-0.2, 0) is 4.74 Å². The van der Waals surface area contributed by atoms with Gasteiger partial charge in [0.15, 0.2) is 12.8 Å². The maximum absolute atomic E-state index is 5.39. The first-order valence-corrected chi connectivity index (χ1v) is 3.89. The molecule has 60 valence electrons. The number of allylic oxidation sites excluding steroid dienone is 1. The summed E-state index contributed by atoms with van der Waals surface area (Å²) < 4.78 is 5.39. The van der Waals surface area contributed by atoms with Crippen molar-refractivity contribution in [3.63, 3.8) is 0 Å². The first-order valence-electron chi connectivity index (χ1n) is 3.89. The molecule has 2 rings (SSSR count). The Morgan fingerprint density at radius 2 is 2.82 bits per heavy atom. The van der Waals surface area contributed by atoms with Crippen molar-refractivity contribution in [2.45, 2.75) is 13.2 Å². The topological polar surface area (TPSA) is 38.1 Å². The van der Waals surface area contributed by atoms with E-state index in [2.05, 4.69) is 10.4 Å². The predicted molar refractivity (Wildman–Crippen MR) is 41.0 cm³/mol. The molecule has 0 bridgehead atoms. The normalized spacial score (nSPS) is 33.4. The Bertz CT molecular complexity index is 212. The van der Waals surface area contributed by atoms with Gasteiger partial charge < -0.3 is 10.1 Å². The third kappa shape index (κ3) is 1.15. The zero-order chi connectivity index (χ0) is 7.68. The van der Waals surface area contributed by atoms with Crippen LogP contribution in [-0.4, -0.2) is 25.6 Å². The highest BCUT2D eigenvalue weighted by atomic mass is 16.5. The average molecular weight is 154 g/mol. The molecule has 2 N–H and O–H groups in total. The lowest BCUT2D eigenvalue weighted by molar-refractivity contribution is -0.857. The minimum atomic E-state index is 0.152. The molecule has 0 aliphatic carbocycles. The summed E-state index contributed by atoms with van der Waals surface area (Å²) >= 11 is 0. The molecule has 2 atom stereocenters. The summed E-state index contributed by atoms with van der Waals surface area (Å²) in [7, 11) is 0. The van der Waals surface area contributed by atoms with Gasteiger partial charge in [-0.15, -0.1) is 0 Å². The van der Waals surface area contributed by atoms with E-state index in [0.717, 1.165) is 24.0 Å². The monoisotopic (exact) mass is 154 g/mol. The molecular formula is C7H12N3O+. The number of hydrogen-bond donors (Lipinski definition) is 2. The molecule has 0 aromatic carbocycles. The highest BCUT2D eigenvalue weighted by Gasteiger charge is 2.33. The lowest BCUT2D eigenvalue weighted by Gasteiger charge is -2.05. The molecule has 0 aromatic heterocycles. The van der Waals surface area contributed by atoms with Crippen LogP contribution in [0.25, 0.3) is 0 Å². The van der Waals surface area contributed by atoms with Crippen molar-refractivity contribution in [3.8, 4) is 0 Å². The van der Waals surface area contributed by atoms with E-state index in [-0.39, 0.29) is 6.23 Å². The molecule has 1 fully saturated rings. The van der Waals surface area contributed by atoms with Crippen LogP contribution >= 0.6 is 0 Å². The minimum Gasteiger partial charge on any atom is -0.353 e. The van der Waals surface area contributed by atoms with Crippen LogP contribution in [0.3, 0.4) is 0 Å². The number of fused-ring (bicyclic) bond motifs is 1. The quantitative estimate of drug-likeness (QED) is 0.517. The number of quaternary nitrogens is 1. The molecule has 11 heavy (non-hydrogen) atoms. The highest BCUT2D eigenvalue weighted by Crippen LogP contribution is 1.96. The maximum atomic E-state index is 5.39. The number of hydrogen-bond acceptors (Lipinski definition) is 3. The van der Waals surface area contributed by atoms with Gasteiger partial charge in [0.05, 0.1) is 6.21 Å². The molecule has 0 aromatic rings. The van der Waals surface area contributed by atoms with Gasteiger partial charge in [-0.25, -0.2) is 0 Å². The molecule has 2 unspecified atom stereocenters. The van der Waals surface area contributed by atoms with Gasteiger partial charge in [-0.3, -0.25) is 0 Å². The summed E-state index contributed by atoms with van der Waals surface area (Å²) in [5.41, 5.74) is 0. The molecule has 1 saturated heterocycles. The Kier molecular flexibility index (Phi) is 1.63. The Hall–Kier alpha value is -0.870. The van der Waals surface area contributed by atoms with Crippen LogP contribution in [0.2, 0.25) is 0 Å². The van der Waals surface area contributed by atoms with Crippen molar-refractivity contribution < 1.29 is 9.75 Å². The van der Waals surface area contributed by atoms with Crippen LogP contribution in [0.5, 0.6) is 0 Å². The van der Waals surface area contributed by atoms with Gasteiger partial charge in [0.1, 0.15) is 0 Å². The molecular weight excluding hydrogens is 142 g/mol. The van der Waals surface area contributed by atoms with E-state index >= 15 is 0 Å². The second kappa shape index (κ2) is 2.64. The molecule has 0 amide bonds.